The van der Waals surface area contributed by atoms with Crippen molar-refractivity contribution in [3.8, 4) is 0 Å². The van der Waals surface area contributed by atoms with Gasteiger partial charge in [0.05, 0.1) is 43.4 Å². The minimum Gasteiger partial charge on any atom is -0.477 e. The van der Waals surface area contributed by atoms with Gasteiger partial charge in [-0.05, 0) is 24.8 Å². The number of hydrogen-bond acceptors (Lipinski definition) is 8. The van der Waals surface area contributed by atoms with Gasteiger partial charge in [0.15, 0.2) is 6.29 Å². The van der Waals surface area contributed by atoms with E-state index < -0.39 is 24.3 Å². The molecule has 3 fully saturated rings. The van der Waals surface area contributed by atoms with Gasteiger partial charge in [-0.25, -0.2) is 9.10 Å². The highest BCUT2D eigenvalue weighted by Crippen LogP contribution is 2.51. The van der Waals surface area contributed by atoms with Gasteiger partial charge in [-0.3, -0.25) is 4.79 Å². The smallest absolute Gasteiger partial charge is 0.352 e. The highest BCUT2D eigenvalue weighted by Gasteiger charge is 2.61. The van der Waals surface area contributed by atoms with Crippen molar-refractivity contribution in [2.24, 2.45) is 23.5 Å². The van der Waals surface area contributed by atoms with Crippen molar-refractivity contribution in [2.75, 3.05) is 19.8 Å². The van der Waals surface area contributed by atoms with E-state index >= 15 is 0 Å². The Hall–Kier alpha value is -1.17. The first kappa shape index (κ1) is 20.1. The van der Waals surface area contributed by atoms with Crippen molar-refractivity contribution in [3.05, 3.63) is 11.3 Å². The van der Waals surface area contributed by atoms with Gasteiger partial charge in [0.2, 0.25) is 5.91 Å². The maximum Gasteiger partial charge on any atom is 0.352 e. The van der Waals surface area contributed by atoms with Gasteiger partial charge in [-0.15, -0.1) is 0 Å². The number of thiol groups is 1. The Labute approximate surface area is 169 Å². The van der Waals surface area contributed by atoms with Crippen LogP contribution in [0.15, 0.2) is 11.3 Å². The number of fused-ring (bicyclic) bond motifs is 1. The third kappa shape index (κ3) is 2.98. The van der Waals surface area contributed by atoms with E-state index in [1.807, 2.05) is 11.2 Å². The van der Waals surface area contributed by atoms with E-state index in [9.17, 15) is 19.8 Å². The highest BCUT2D eigenvalue weighted by atomic mass is 32.1. The van der Waals surface area contributed by atoms with E-state index in [2.05, 4.69) is 12.8 Å². The molecule has 4 heterocycles. The number of aliphatic hydroxyl groups is 1. The lowest BCUT2D eigenvalue weighted by atomic mass is 9.75. The number of carboxylic acids is 1. The topological polar surface area (TPSA) is 126 Å². The SMILES string of the molecule is C[C@@H](O)[C@H]1C(=O)N2C(C(=O)O)=C([C@@H]3C[C@@H](C4OCC(N)CO4)N(S)C3)[C@H](C)[C@@H]12. The summed E-state index contributed by atoms with van der Waals surface area (Å²) in [6.45, 7) is 4.87. The molecule has 0 spiro atoms. The molecule has 4 aliphatic rings. The normalized spacial score (nSPS) is 42.5. The first-order valence-corrected chi connectivity index (χ1v) is 10.0. The summed E-state index contributed by atoms with van der Waals surface area (Å²) in [4.78, 5) is 25.9. The molecule has 0 aliphatic carbocycles. The van der Waals surface area contributed by atoms with Crippen molar-refractivity contribution in [3.63, 3.8) is 0 Å². The van der Waals surface area contributed by atoms with Gasteiger partial charge < -0.3 is 30.3 Å². The number of carboxylic acid groups (broad SMARTS) is 1. The zero-order valence-corrected chi connectivity index (χ0v) is 16.8. The second kappa shape index (κ2) is 7.26. The Kier molecular flexibility index (Phi) is 5.22. The number of aliphatic hydroxyl groups excluding tert-OH is 1. The lowest BCUT2D eigenvalue weighted by molar-refractivity contribution is -0.204. The first-order chi connectivity index (χ1) is 13.2. The van der Waals surface area contributed by atoms with Gasteiger partial charge in [0, 0.05) is 12.5 Å². The van der Waals surface area contributed by atoms with Gasteiger partial charge in [0.1, 0.15) is 5.70 Å². The molecule has 4 aliphatic heterocycles. The summed E-state index contributed by atoms with van der Waals surface area (Å²) >= 11 is 4.56. The second-order valence-corrected chi connectivity index (χ2v) is 8.79. The number of ether oxygens (including phenoxy) is 2. The van der Waals surface area contributed by atoms with E-state index in [1.54, 1.807) is 6.92 Å². The Morgan fingerprint density at radius 3 is 2.57 bits per heavy atom. The molecule has 6 atom stereocenters. The zero-order valence-electron chi connectivity index (χ0n) is 15.9. The van der Waals surface area contributed by atoms with Crippen LogP contribution in [0, 0.1) is 17.8 Å². The van der Waals surface area contributed by atoms with Crippen LogP contribution in [-0.4, -0.2) is 81.6 Å². The molecule has 9 nitrogen and oxygen atoms in total. The number of amides is 1. The molecule has 0 unspecified atom stereocenters. The number of β-lactam (4-membered cyclic amide) rings is 1. The third-order valence-electron chi connectivity index (χ3n) is 6.45. The maximum atomic E-state index is 12.5. The molecular weight excluding hydrogens is 386 g/mol. The fraction of sp³-hybridized carbons (Fsp3) is 0.778. The summed E-state index contributed by atoms with van der Waals surface area (Å²) in [7, 11) is 0. The number of nitrogens with zero attached hydrogens (tertiary/aromatic N) is 2. The first-order valence-electron chi connectivity index (χ1n) is 9.65. The quantitative estimate of drug-likeness (QED) is 0.356. The fourth-order valence-corrected chi connectivity index (χ4v) is 5.63. The standard InChI is InChI=1S/C18H27N3O6S/c1-7-12(15(17(24)25)21-14(7)13(8(2)22)16(21)23)9-3-11(20(28)4-9)18-26-5-10(19)6-27-18/h7-11,13-14,18,22,28H,3-6,19H2,1-2H3,(H,24,25)/t7-,8+,9+,10?,11-,13+,14-,18?/m0/s1. The predicted molar refractivity (Wildman–Crippen MR) is 101 cm³/mol. The minimum absolute atomic E-state index is 0.0688. The summed E-state index contributed by atoms with van der Waals surface area (Å²) in [5.74, 6) is -2.20. The molecule has 3 saturated heterocycles. The summed E-state index contributed by atoms with van der Waals surface area (Å²) in [6.07, 6.45) is -0.651. The second-order valence-electron chi connectivity index (χ2n) is 8.28. The summed E-state index contributed by atoms with van der Waals surface area (Å²) in [5, 5.41) is 19.8. The Bertz CT molecular complexity index is 707. The minimum atomic E-state index is -1.10. The van der Waals surface area contributed by atoms with Crippen LogP contribution in [0.4, 0.5) is 0 Å². The summed E-state index contributed by atoms with van der Waals surface area (Å²) in [6, 6.07) is -0.585. The highest BCUT2D eigenvalue weighted by molar-refractivity contribution is 7.77. The molecule has 0 bridgehead atoms. The van der Waals surface area contributed by atoms with Crippen LogP contribution in [-0.2, 0) is 19.1 Å². The van der Waals surface area contributed by atoms with E-state index in [1.165, 1.54) is 4.90 Å². The van der Waals surface area contributed by atoms with Gasteiger partial charge in [-0.1, -0.05) is 19.7 Å². The number of carbonyl (C=O) groups is 2. The molecule has 0 radical (unpaired) electrons. The van der Waals surface area contributed by atoms with Crippen molar-refractivity contribution in [1.29, 1.82) is 0 Å². The largest absolute Gasteiger partial charge is 0.477 e. The van der Waals surface area contributed by atoms with E-state index in [-0.39, 0.29) is 41.6 Å². The molecule has 1 amide bonds. The number of aliphatic carboxylic acids is 1. The third-order valence-corrected chi connectivity index (χ3v) is 6.91. The molecule has 4 rings (SSSR count). The predicted octanol–water partition coefficient (Wildman–Crippen LogP) is -0.582. The molecule has 4 N–H and O–H groups in total. The fourth-order valence-electron chi connectivity index (χ4n) is 5.23. The molecule has 0 aromatic carbocycles. The number of hydrogen-bond donors (Lipinski definition) is 4. The van der Waals surface area contributed by atoms with E-state index in [0.717, 1.165) is 5.57 Å². The van der Waals surface area contributed by atoms with Crippen molar-refractivity contribution >= 4 is 24.7 Å². The Balaban J connectivity index is 1.58. The van der Waals surface area contributed by atoms with Crippen molar-refractivity contribution in [1.82, 2.24) is 9.21 Å². The van der Waals surface area contributed by atoms with Crippen molar-refractivity contribution in [2.45, 2.75) is 50.8 Å². The van der Waals surface area contributed by atoms with Crippen LogP contribution >= 0.6 is 12.8 Å². The average molecular weight is 413 g/mol. The van der Waals surface area contributed by atoms with Crippen LogP contribution in [0.25, 0.3) is 0 Å². The Morgan fingerprint density at radius 2 is 2.00 bits per heavy atom. The van der Waals surface area contributed by atoms with Gasteiger partial charge >= 0.3 is 5.97 Å². The zero-order chi connectivity index (χ0) is 20.3. The maximum absolute atomic E-state index is 12.5. The molecule has 0 aromatic rings. The molecule has 156 valence electrons. The number of rotatable bonds is 4. The summed E-state index contributed by atoms with van der Waals surface area (Å²) in [5.41, 5.74) is 6.62. The van der Waals surface area contributed by atoms with Crippen LogP contribution in [0.1, 0.15) is 20.3 Å². The lowest BCUT2D eigenvalue weighted by Crippen LogP contribution is -2.63. The van der Waals surface area contributed by atoms with Crippen LogP contribution in [0.5, 0.6) is 0 Å². The van der Waals surface area contributed by atoms with Gasteiger partial charge in [0.25, 0.3) is 0 Å². The molecule has 28 heavy (non-hydrogen) atoms. The van der Waals surface area contributed by atoms with Crippen molar-refractivity contribution < 1.29 is 29.3 Å². The number of nitrogens with two attached hydrogens (primary N) is 1. The molecule has 10 heteroatoms. The molecular formula is C18H27N3O6S. The van der Waals surface area contributed by atoms with Crippen LogP contribution in [0.2, 0.25) is 0 Å². The van der Waals surface area contributed by atoms with Crippen LogP contribution < -0.4 is 5.73 Å². The molecule has 0 saturated carbocycles. The van der Waals surface area contributed by atoms with Crippen LogP contribution in [0.3, 0.4) is 0 Å². The van der Waals surface area contributed by atoms with Gasteiger partial charge in [-0.2, -0.15) is 0 Å². The Morgan fingerprint density at radius 1 is 1.36 bits per heavy atom. The number of carbonyl (C=O) groups excluding carboxylic acids is 1. The monoisotopic (exact) mass is 413 g/mol. The summed E-state index contributed by atoms with van der Waals surface area (Å²) < 4.78 is 13.2. The lowest BCUT2D eigenvalue weighted by Gasteiger charge is -2.46. The molecule has 0 aromatic heterocycles. The average Bonchev–Trinajstić information content (AvgIpc) is 3.11. The van der Waals surface area contributed by atoms with E-state index in [4.69, 9.17) is 15.2 Å². The van der Waals surface area contributed by atoms with E-state index in [0.29, 0.717) is 26.2 Å².